The fraction of sp³-hybridized carbons (Fsp3) is 0.560. The summed E-state index contributed by atoms with van der Waals surface area (Å²) in [5, 5.41) is 16.9. The Hall–Kier alpha value is -3.23. The Morgan fingerprint density at radius 2 is 2.06 bits per heavy atom. The summed E-state index contributed by atoms with van der Waals surface area (Å²) in [7, 11) is 0. The minimum Gasteiger partial charge on any atom is -0.464 e. The summed E-state index contributed by atoms with van der Waals surface area (Å²) in [5.41, 5.74) is 3.12. The van der Waals surface area contributed by atoms with E-state index in [1.165, 1.54) is 0 Å². The zero-order valence-corrected chi connectivity index (χ0v) is 21.1. The Labute approximate surface area is 201 Å². The van der Waals surface area contributed by atoms with Gasteiger partial charge >= 0.3 is 12.2 Å². The molecule has 0 aliphatic carbocycles. The number of anilines is 2. The van der Waals surface area contributed by atoms with Gasteiger partial charge in [0, 0.05) is 43.6 Å². The molecule has 0 aromatic carbocycles. The summed E-state index contributed by atoms with van der Waals surface area (Å²) < 4.78 is 6.60. The molecule has 3 heterocycles. The highest BCUT2D eigenvalue weighted by Crippen LogP contribution is 2.40. The number of piperidine rings is 1. The lowest BCUT2D eigenvalue weighted by Crippen LogP contribution is -2.49. The van der Waals surface area contributed by atoms with Crippen LogP contribution >= 0.6 is 0 Å². The van der Waals surface area contributed by atoms with E-state index in [0.717, 1.165) is 51.9 Å². The van der Waals surface area contributed by atoms with Crippen LogP contribution in [-0.2, 0) is 4.74 Å². The number of alkyl carbamates (subject to hydrolysis) is 1. The molecule has 0 saturated carbocycles. The van der Waals surface area contributed by atoms with Gasteiger partial charge in [0.25, 0.3) is 0 Å². The molecule has 1 amide bonds. The summed E-state index contributed by atoms with van der Waals surface area (Å²) in [6.45, 7) is 17.8. The fourth-order valence-corrected chi connectivity index (χ4v) is 4.18. The summed E-state index contributed by atoms with van der Waals surface area (Å²) in [6, 6.07) is -0.0987. The van der Waals surface area contributed by atoms with E-state index >= 15 is 0 Å². The molecular weight excluding hydrogens is 434 g/mol. The van der Waals surface area contributed by atoms with Crippen LogP contribution in [0.4, 0.5) is 21.0 Å². The number of fused-ring (bicyclic) bond motifs is 1. The lowest BCUT2D eigenvalue weighted by atomic mass is 10.00. The zero-order valence-electron chi connectivity index (χ0n) is 21.1. The van der Waals surface area contributed by atoms with Gasteiger partial charge in [-0.1, -0.05) is 20.4 Å². The van der Waals surface area contributed by atoms with Gasteiger partial charge in [-0.3, -0.25) is 0 Å². The largest absolute Gasteiger partial charge is 0.464 e. The molecule has 9 heteroatoms. The van der Waals surface area contributed by atoms with Crippen LogP contribution in [0.3, 0.4) is 0 Å². The van der Waals surface area contributed by atoms with Gasteiger partial charge in [-0.05, 0) is 52.0 Å². The molecule has 186 valence electrons. The first-order valence-electron chi connectivity index (χ1n) is 11.8. The Bertz CT molecular complexity index is 1080. The molecule has 34 heavy (non-hydrogen) atoms. The number of hydrogen-bond acceptors (Lipinski definition) is 6. The van der Waals surface area contributed by atoms with E-state index in [0.29, 0.717) is 24.7 Å². The smallest absolute Gasteiger partial charge is 0.417 e. The Morgan fingerprint density at radius 1 is 1.35 bits per heavy atom. The molecule has 1 aliphatic rings. The summed E-state index contributed by atoms with van der Waals surface area (Å²) in [5.74, 6) is 0.376. The van der Waals surface area contributed by atoms with E-state index in [9.17, 15) is 14.7 Å². The number of amides is 1. The first kappa shape index (κ1) is 25.4. The number of rotatable bonds is 6. The number of pyridine rings is 1. The first-order chi connectivity index (χ1) is 15.9. The van der Waals surface area contributed by atoms with E-state index in [4.69, 9.17) is 4.74 Å². The van der Waals surface area contributed by atoms with Gasteiger partial charge in [0.05, 0.1) is 16.8 Å². The van der Waals surface area contributed by atoms with Crippen LogP contribution in [0, 0.1) is 5.92 Å². The monoisotopic (exact) mass is 471 g/mol. The number of allylic oxidation sites excluding steroid dienone is 1. The molecule has 0 spiro atoms. The molecule has 2 aromatic heterocycles. The van der Waals surface area contributed by atoms with Crippen molar-refractivity contribution in [3.8, 4) is 0 Å². The molecule has 1 aliphatic heterocycles. The maximum Gasteiger partial charge on any atom is 0.417 e. The molecule has 1 unspecified atom stereocenters. The summed E-state index contributed by atoms with van der Waals surface area (Å²) in [6.07, 6.45) is 3.46. The third kappa shape index (κ3) is 5.81. The first-order valence-corrected chi connectivity index (χ1v) is 11.8. The van der Waals surface area contributed by atoms with Crippen LogP contribution in [0.2, 0.25) is 0 Å². The van der Waals surface area contributed by atoms with Gasteiger partial charge in [0.15, 0.2) is 5.65 Å². The predicted octanol–water partition coefficient (Wildman–Crippen LogP) is 5.16. The molecule has 1 saturated heterocycles. The number of nitrogens with one attached hydrogen (secondary N) is 2. The highest BCUT2D eigenvalue weighted by molar-refractivity contribution is 6.07. The number of aromatic nitrogens is 2. The van der Waals surface area contributed by atoms with Crippen molar-refractivity contribution in [1.29, 1.82) is 0 Å². The molecule has 0 radical (unpaired) electrons. The van der Waals surface area contributed by atoms with Crippen molar-refractivity contribution in [2.45, 2.75) is 66.0 Å². The van der Waals surface area contributed by atoms with Crippen LogP contribution in [0.1, 0.15) is 59.9 Å². The molecule has 0 bridgehead atoms. The second-order valence-electron chi connectivity index (χ2n) is 10.4. The van der Waals surface area contributed by atoms with Gasteiger partial charge in [0.2, 0.25) is 0 Å². The van der Waals surface area contributed by atoms with E-state index in [2.05, 4.69) is 40.9 Å². The summed E-state index contributed by atoms with van der Waals surface area (Å²) in [4.78, 5) is 31.0. The average Bonchev–Trinajstić information content (AvgIpc) is 3.09. The standard InChI is InChI=1S/C25H37N5O4/c1-15(2)11-26-19-14-30(24(32)33)22-20(19)21(18(12-27-22)16(3)4)29-10-8-9-17(13-29)28-23(31)34-25(5,6)7/h12,14-15,17,26H,3,8-11,13H2,1-2,4-7H3,(H,28,31)(H,32,33). The van der Waals surface area contributed by atoms with Gasteiger partial charge in [-0.25, -0.2) is 19.1 Å². The highest BCUT2D eigenvalue weighted by atomic mass is 16.6. The average molecular weight is 472 g/mol. The Balaban J connectivity index is 2.05. The number of nitrogens with zero attached hydrogens (tertiary/aromatic N) is 3. The van der Waals surface area contributed by atoms with Crippen molar-refractivity contribution >= 4 is 40.2 Å². The summed E-state index contributed by atoms with van der Waals surface area (Å²) >= 11 is 0. The second-order valence-corrected chi connectivity index (χ2v) is 10.4. The lowest BCUT2D eigenvalue weighted by Gasteiger charge is -2.36. The number of hydrogen-bond donors (Lipinski definition) is 3. The van der Waals surface area contributed by atoms with E-state index in [-0.39, 0.29) is 6.04 Å². The van der Waals surface area contributed by atoms with Crippen molar-refractivity contribution < 1.29 is 19.4 Å². The van der Waals surface area contributed by atoms with Crippen molar-refractivity contribution in [2.75, 3.05) is 29.9 Å². The van der Waals surface area contributed by atoms with Crippen LogP contribution in [0.15, 0.2) is 19.0 Å². The molecule has 1 fully saturated rings. The predicted molar refractivity (Wildman–Crippen MR) is 136 cm³/mol. The van der Waals surface area contributed by atoms with Crippen LogP contribution in [0.25, 0.3) is 16.6 Å². The molecular formula is C25H37N5O4. The van der Waals surface area contributed by atoms with Gasteiger partial charge in [-0.15, -0.1) is 0 Å². The van der Waals surface area contributed by atoms with Crippen molar-refractivity contribution in [3.63, 3.8) is 0 Å². The van der Waals surface area contributed by atoms with Crippen LogP contribution in [0.5, 0.6) is 0 Å². The number of carbonyl (C=O) groups is 2. The molecule has 2 aromatic rings. The second kappa shape index (κ2) is 9.95. The topological polar surface area (TPSA) is 109 Å². The van der Waals surface area contributed by atoms with Crippen LogP contribution < -0.4 is 15.5 Å². The number of carbonyl (C=O) groups excluding carboxylic acids is 1. The SMILES string of the molecule is C=C(C)c1cnc2c(c(NCC(C)C)cn2C(=O)O)c1N1CCCC(NC(=O)OC(C)(C)C)C1. The van der Waals surface area contributed by atoms with Crippen molar-refractivity contribution in [3.05, 3.63) is 24.5 Å². The minimum atomic E-state index is -1.09. The molecule has 3 rings (SSSR count). The van der Waals surface area contributed by atoms with Gasteiger partial charge in [-0.2, -0.15) is 0 Å². The Kier molecular flexibility index (Phi) is 7.43. The maximum atomic E-state index is 12.4. The van der Waals surface area contributed by atoms with E-state index in [1.54, 1.807) is 12.4 Å². The number of ether oxygens (including phenoxy) is 1. The fourth-order valence-electron chi connectivity index (χ4n) is 4.18. The van der Waals surface area contributed by atoms with E-state index in [1.807, 2.05) is 27.7 Å². The van der Waals surface area contributed by atoms with Crippen LogP contribution in [-0.4, -0.2) is 58.1 Å². The minimum absolute atomic E-state index is 0.0987. The lowest BCUT2D eigenvalue weighted by molar-refractivity contribution is 0.0500. The van der Waals surface area contributed by atoms with E-state index < -0.39 is 17.8 Å². The molecule has 1 atom stereocenters. The normalized spacial score (nSPS) is 16.6. The van der Waals surface area contributed by atoms with Crippen molar-refractivity contribution in [1.82, 2.24) is 14.9 Å². The quantitative estimate of drug-likeness (QED) is 0.534. The van der Waals surface area contributed by atoms with Crippen molar-refractivity contribution in [2.24, 2.45) is 5.92 Å². The molecule has 9 nitrogen and oxygen atoms in total. The maximum absolute atomic E-state index is 12.4. The van der Waals surface area contributed by atoms with Gasteiger partial charge < -0.3 is 25.4 Å². The highest BCUT2D eigenvalue weighted by Gasteiger charge is 2.29. The zero-order chi connectivity index (χ0) is 25.2. The molecule has 3 N–H and O–H groups in total. The third-order valence-corrected chi connectivity index (χ3v) is 5.61. The third-order valence-electron chi connectivity index (χ3n) is 5.61. The number of carboxylic acid groups (broad SMARTS) is 1. The Morgan fingerprint density at radius 3 is 2.65 bits per heavy atom. The van der Waals surface area contributed by atoms with Gasteiger partial charge in [0.1, 0.15) is 5.60 Å².